The fourth-order valence-corrected chi connectivity index (χ4v) is 2.58. The summed E-state index contributed by atoms with van der Waals surface area (Å²) in [5, 5.41) is 3.52. The van der Waals surface area contributed by atoms with E-state index >= 15 is 0 Å². The van der Waals surface area contributed by atoms with Crippen molar-refractivity contribution in [1.82, 2.24) is 14.5 Å². The summed E-state index contributed by atoms with van der Waals surface area (Å²) in [6.45, 7) is 1.96. The Balaban J connectivity index is 2.16. The molecule has 1 heterocycles. The van der Waals surface area contributed by atoms with E-state index in [0.717, 1.165) is 10.1 Å². The molecule has 1 amide bonds. The molecule has 0 aliphatic carbocycles. The molecule has 1 aromatic carbocycles. The van der Waals surface area contributed by atoms with Crippen LogP contribution in [-0.4, -0.2) is 15.0 Å². The highest BCUT2D eigenvalue weighted by Gasteiger charge is 2.11. The third-order valence-corrected chi connectivity index (χ3v) is 4.14. The van der Waals surface area contributed by atoms with Crippen molar-refractivity contribution >= 4 is 23.6 Å². The lowest BCUT2D eigenvalue weighted by molar-refractivity contribution is -0.117. The highest BCUT2D eigenvalue weighted by molar-refractivity contribution is 6.30. The normalized spacial score (nSPS) is 12.3. The summed E-state index contributed by atoms with van der Waals surface area (Å²) in [5.74, 6) is -0.322. The Kier molecular flexibility index (Phi) is 5.98. The van der Waals surface area contributed by atoms with E-state index in [1.807, 2.05) is 19.1 Å². The zero-order chi connectivity index (χ0) is 18.6. The summed E-state index contributed by atoms with van der Waals surface area (Å²) in [6.07, 6.45) is 4.82. The summed E-state index contributed by atoms with van der Waals surface area (Å²) < 4.78 is 2.29. The second-order valence-corrected chi connectivity index (χ2v) is 6.13. The lowest BCUT2D eigenvalue weighted by atomic mass is 10.0. The van der Waals surface area contributed by atoms with E-state index < -0.39 is 11.2 Å². The fraction of sp³-hybridized carbons (Fsp3) is 0.278. The van der Waals surface area contributed by atoms with E-state index in [1.165, 1.54) is 30.0 Å². The average Bonchev–Trinajstić information content (AvgIpc) is 2.60. The maximum absolute atomic E-state index is 12.2. The molecule has 1 aromatic heterocycles. The summed E-state index contributed by atoms with van der Waals surface area (Å²) in [5.41, 5.74) is 0.350. The van der Waals surface area contributed by atoms with Gasteiger partial charge in [0.2, 0.25) is 5.91 Å². The lowest BCUT2D eigenvalue weighted by Gasteiger charge is -2.16. The molecule has 0 saturated heterocycles. The topological polar surface area (TPSA) is 73.1 Å². The monoisotopic (exact) mass is 361 g/mol. The lowest BCUT2D eigenvalue weighted by Crippen LogP contribution is -2.37. The van der Waals surface area contributed by atoms with Crippen LogP contribution in [0.3, 0.4) is 0 Å². The maximum Gasteiger partial charge on any atom is 0.330 e. The number of hydrogen-bond acceptors (Lipinski definition) is 3. The highest BCUT2D eigenvalue weighted by Crippen LogP contribution is 2.19. The van der Waals surface area contributed by atoms with E-state index in [9.17, 15) is 14.4 Å². The molecule has 0 radical (unpaired) electrons. The molecule has 6 nitrogen and oxygen atoms in total. The first-order valence-corrected chi connectivity index (χ1v) is 8.22. The van der Waals surface area contributed by atoms with Crippen LogP contribution in [0, 0.1) is 0 Å². The fourth-order valence-electron chi connectivity index (χ4n) is 2.45. The van der Waals surface area contributed by atoms with Crippen LogP contribution < -0.4 is 16.6 Å². The van der Waals surface area contributed by atoms with Crippen molar-refractivity contribution in [1.29, 1.82) is 0 Å². The van der Waals surface area contributed by atoms with Crippen LogP contribution in [0.2, 0.25) is 5.02 Å². The number of nitrogens with one attached hydrogen (secondary N) is 1. The van der Waals surface area contributed by atoms with Gasteiger partial charge in [0.25, 0.3) is 5.56 Å². The summed E-state index contributed by atoms with van der Waals surface area (Å²) in [7, 11) is 2.95. The van der Waals surface area contributed by atoms with Crippen LogP contribution in [0.4, 0.5) is 0 Å². The predicted octanol–water partition coefficient (Wildman–Crippen LogP) is 2.02. The molecule has 1 N–H and O–H groups in total. The molecule has 2 aromatic rings. The van der Waals surface area contributed by atoms with E-state index in [-0.39, 0.29) is 17.5 Å². The van der Waals surface area contributed by atoms with Gasteiger partial charge in [-0.1, -0.05) is 30.7 Å². The third kappa shape index (κ3) is 4.48. The summed E-state index contributed by atoms with van der Waals surface area (Å²) >= 11 is 5.88. The minimum Gasteiger partial charge on any atom is -0.346 e. The number of nitrogens with zero attached hydrogens (tertiary/aromatic N) is 2. The van der Waals surface area contributed by atoms with Gasteiger partial charge in [-0.2, -0.15) is 0 Å². The van der Waals surface area contributed by atoms with Crippen LogP contribution in [0.1, 0.15) is 30.5 Å². The standard InChI is InChI=1S/C18H20ClN3O3/c1-4-15(12-5-8-14(19)9-6-12)20-16(23)10-7-13-11-21(2)18(25)22(3)17(13)24/h5-11,15H,4H2,1-3H3,(H,20,23)/b10-7+. The van der Waals surface area contributed by atoms with Crippen molar-refractivity contribution in [3.8, 4) is 0 Å². The number of carbonyl (C=O) groups excluding carboxylic acids is 1. The minimum absolute atomic E-state index is 0.155. The quantitative estimate of drug-likeness (QED) is 0.828. The van der Waals surface area contributed by atoms with Crippen molar-refractivity contribution in [3.05, 3.63) is 73.5 Å². The number of benzene rings is 1. The van der Waals surface area contributed by atoms with Crippen LogP contribution in [0.25, 0.3) is 6.08 Å². The Morgan fingerprint density at radius 1 is 1.24 bits per heavy atom. The smallest absolute Gasteiger partial charge is 0.330 e. The second kappa shape index (κ2) is 7.98. The molecule has 25 heavy (non-hydrogen) atoms. The van der Waals surface area contributed by atoms with Crippen LogP contribution in [0.5, 0.6) is 0 Å². The Labute approximate surface area is 150 Å². The predicted molar refractivity (Wildman–Crippen MR) is 98.6 cm³/mol. The van der Waals surface area contributed by atoms with Crippen molar-refractivity contribution < 1.29 is 4.79 Å². The van der Waals surface area contributed by atoms with Crippen molar-refractivity contribution in [2.24, 2.45) is 14.1 Å². The highest BCUT2D eigenvalue weighted by atomic mass is 35.5. The molecule has 7 heteroatoms. The van der Waals surface area contributed by atoms with Crippen molar-refractivity contribution in [2.75, 3.05) is 0 Å². The van der Waals surface area contributed by atoms with Crippen molar-refractivity contribution in [3.63, 3.8) is 0 Å². The molecular weight excluding hydrogens is 342 g/mol. The first kappa shape index (κ1) is 18.7. The third-order valence-electron chi connectivity index (χ3n) is 3.88. The molecule has 0 spiro atoms. The van der Waals surface area contributed by atoms with Crippen LogP contribution in [0.15, 0.2) is 46.1 Å². The number of rotatable bonds is 5. The molecule has 2 rings (SSSR count). The molecule has 132 valence electrons. The Morgan fingerprint density at radius 2 is 1.88 bits per heavy atom. The molecule has 0 bridgehead atoms. The number of carbonyl (C=O) groups is 1. The van der Waals surface area contributed by atoms with E-state index in [2.05, 4.69) is 5.32 Å². The van der Waals surface area contributed by atoms with Gasteiger partial charge < -0.3 is 9.88 Å². The molecular formula is C18H20ClN3O3. The zero-order valence-corrected chi connectivity index (χ0v) is 15.1. The van der Waals surface area contributed by atoms with Gasteiger partial charge in [0.1, 0.15) is 0 Å². The van der Waals surface area contributed by atoms with Gasteiger partial charge in [-0.3, -0.25) is 14.2 Å². The first-order valence-electron chi connectivity index (χ1n) is 7.84. The zero-order valence-electron chi connectivity index (χ0n) is 14.3. The molecule has 0 fully saturated rings. The Morgan fingerprint density at radius 3 is 2.48 bits per heavy atom. The van der Waals surface area contributed by atoms with Gasteiger partial charge in [-0.25, -0.2) is 4.79 Å². The SMILES string of the molecule is CCC(NC(=O)/C=C/c1cn(C)c(=O)n(C)c1=O)c1ccc(Cl)cc1. The number of aryl methyl sites for hydroxylation is 1. The number of halogens is 1. The van der Waals surface area contributed by atoms with Gasteiger partial charge in [-0.15, -0.1) is 0 Å². The number of amides is 1. The first-order chi connectivity index (χ1) is 11.8. The van der Waals surface area contributed by atoms with Crippen LogP contribution in [-0.2, 0) is 18.9 Å². The van der Waals surface area contributed by atoms with Gasteiger partial charge in [0.05, 0.1) is 11.6 Å². The van der Waals surface area contributed by atoms with Gasteiger partial charge in [-0.05, 0) is 30.2 Å². The van der Waals surface area contributed by atoms with Crippen molar-refractivity contribution in [2.45, 2.75) is 19.4 Å². The number of hydrogen-bond donors (Lipinski definition) is 1. The minimum atomic E-state index is -0.447. The maximum atomic E-state index is 12.2. The number of aromatic nitrogens is 2. The largest absolute Gasteiger partial charge is 0.346 e. The van der Waals surface area contributed by atoms with Gasteiger partial charge >= 0.3 is 5.69 Å². The van der Waals surface area contributed by atoms with E-state index in [0.29, 0.717) is 11.4 Å². The molecule has 1 unspecified atom stereocenters. The van der Waals surface area contributed by atoms with Gasteiger partial charge in [0.15, 0.2) is 0 Å². The average molecular weight is 362 g/mol. The van der Waals surface area contributed by atoms with Crippen LogP contribution >= 0.6 is 11.6 Å². The summed E-state index contributed by atoms with van der Waals surface area (Å²) in [6, 6.07) is 7.12. The summed E-state index contributed by atoms with van der Waals surface area (Å²) in [4.78, 5) is 35.9. The van der Waals surface area contributed by atoms with E-state index in [1.54, 1.807) is 19.2 Å². The molecule has 0 aliphatic heterocycles. The van der Waals surface area contributed by atoms with E-state index in [4.69, 9.17) is 11.6 Å². The molecule has 0 saturated carbocycles. The molecule has 0 aliphatic rings. The second-order valence-electron chi connectivity index (χ2n) is 5.70. The van der Waals surface area contributed by atoms with Gasteiger partial charge in [0, 0.05) is 31.4 Å². The Hall–Kier alpha value is -2.60. The Bertz CT molecular complexity index is 911. The molecule has 1 atom stereocenters.